The summed E-state index contributed by atoms with van der Waals surface area (Å²) < 4.78 is 13.4. The number of nitrogens with zero attached hydrogens (tertiary/aromatic N) is 3. The molecule has 0 bridgehead atoms. The first-order chi connectivity index (χ1) is 13.3. The number of benzene rings is 2. The topological polar surface area (TPSA) is 66.5 Å². The molecule has 0 fully saturated rings. The Morgan fingerprint density at radius 3 is 2.74 bits per heavy atom. The zero-order chi connectivity index (χ0) is 18.2. The largest absolute Gasteiger partial charge is 0.323 e. The van der Waals surface area contributed by atoms with Gasteiger partial charge in [-0.2, -0.15) is 5.10 Å². The number of fused-ring (bicyclic) bond motifs is 2. The zero-order valence-corrected chi connectivity index (χ0v) is 14.7. The second kappa shape index (κ2) is 6.46. The normalized spacial score (nSPS) is 13.1. The molecule has 1 aliphatic rings. The maximum Gasteiger partial charge on any atom is 0.162 e. The molecule has 134 valence electrons. The summed E-state index contributed by atoms with van der Waals surface area (Å²) in [5, 5.41) is 11.8. The van der Waals surface area contributed by atoms with Gasteiger partial charge >= 0.3 is 0 Å². The molecule has 2 heterocycles. The molecule has 0 spiro atoms. The molecule has 0 saturated heterocycles. The molecule has 0 amide bonds. The molecule has 0 atom stereocenters. The van der Waals surface area contributed by atoms with Crippen LogP contribution in [-0.2, 0) is 19.5 Å². The molecule has 4 aromatic rings. The van der Waals surface area contributed by atoms with E-state index in [2.05, 4.69) is 15.5 Å². The second-order valence-corrected chi connectivity index (χ2v) is 6.71. The van der Waals surface area contributed by atoms with Gasteiger partial charge in [-0.25, -0.2) is 14.4 Å². The van der Waals surface area contributed by atoms with Gasteiger partial charge in [0.25, 0.3) is 0 Å². The summed E-state index contributed by atoms with van der Waals surface area (Å²) in [6.45, 7) is -0.538. The maximum absolute atomic E-state index is 13.4. The summed E-state index contributed by atoms with van der Waals surface area (Å²) in [6, 6.07) is 15.3. The van der Waals surface area contributed by atoms with Crippen LogP contribution < -0.4 is 5.32 Å². The fourth-order valence-corrected chi connectivity index (χ4v) is 3.68. The third kappa shape index (κ3) is 2.73. The highest BCUT2D eigenvalue weighted by Gasteiger charge is 2.22. The summed E-state index contributed by atoms with van der Waals surface area (Å²) in [4.78, 5) is 9.50. The molecule has 1 aliphatic carbocycles. The van der Waals surface area contributed by atoms with Crippen LogP contribution >= 0.6 is 0 Å². The Hall–Kier alpha value is -3.28. The molecular weight excluding hydrogens is 341 g/mol. The van der Waals surface area contributed by atoms with Gasteiger partial charge in [0, 0.05) is 22.2 Å². The van der Waals surface area contributed by atoms with E-state index in [4.69, 9.17) is 9.97 Å². The number of hydrogen-bond acceptors (Lipinski definition) is 4. The number of aromatic nitrogens is 4. The number of para-hydroxylation sites is 1. The van der Waals surface area contributed by atoms with Crippen molar-refractivity contribution in [3.05, 3.63) is 65.4 Å². The molecule has 2 aromatic heterocycles. The van der Waals surface area contributed by atoms with Crippen molar-refractivity contribution in [3.63, 3.8) is 0 Å². The molecule has 0 radical (unpaired) electrons. The third-order valence-electron chi connectivity index (χ3n) is 5.04. The zero-order valence-electron chi connectivity index (χ0n) is 14.7. The van der Waals surface area contributed by atoms with Gasteiger partial charge < -0.3 is 5.32 Å². The van der Waals surface area contributed by atoms with Gasteiger partial charge in [-0.05, 0) is 37.0 Å². The fourth-order valence-electron chi connectivity index (χ4n) is 3.68. The Kier molecular flexibility index (Phi) is 3.81. The van der Waals surface area contributed by atoms with Crippen molar-refractivity contribution >= 4 is 22.5 Å². The van der Waals surface area contributed by atoms with E-state index < -0.39 is 6.67 Å². The lowest BCUT2D eigenvalue weighted by Gasteiger charge is -2.12. The van der Waals surface area contributed by atoms with Crippen LogP contribution in [0.15, 0.2) is 48.5 Å². The molecule has 0 unspecified atom stereocenters. The van der Waals surface area contributed by atoms with E-state index in [0.29, 0.717) is 11.4 Å². The molecule has 0 aliphatic heterocycles. The van der Waals surface area contributed by atoms with Crippen molar-refractivity contribution in [2.45, 2.75) is 25.9 Å². The molecule has 27 heavy (non-hydrogen) atoms. The van der Waals surface area contributed by atoms with E-state index in [1.165, 1.54) is 0 Å². The Labute approximate surface area is 155 Å². The van der Waals surface area contributed by atoms with Gasteiger partial charge in [-0.15, -0.1) is 0 Å². The van der Waals surface area contributed by atoms with Gasteiger partial charge in [0.2, 0.25) is 0 Å². The number of nitrogens with one attached hydrogen (secondary N) is 2. The van der Waals surface area contributed by atoms with Crippen molar-refractivity contribution in [2.75, 3.05) is 5.32 Å². The Morgan fingerprint density at radius 1 is 0.963 bits per heavy atom. The van der Waals surface area contributed by atoms with Crippen molar-refractivity contribution < 1.29 is 4.39 Å². The first kappa shape index (κ1) is 15.9. The van der Waals surface area contributed by atoms with Crippen LogP contribution in [0.4, 0.5) is 16.0 Å². The van der Waals surface area contributed by atoms with E-state index in [1.54, 1.807) is 6.07 Å². The quantitative estimate of drug-likeness (QED) is 0.553. The average Bonchev–Trinajstić information content (AvgIpc) is 3.35. The minimum Gasteiger partial charge on any atom is -0.323 e. The molecule has 5 rings (SSSR count). The van der Waals surface area contributed by atoms with Crippen LogP contribution in [0, 0.1) is 0 Å². The minimum atomic E-state index is -0.538. The van der Waals surface area contributed by atoms with Gasteiger partial charge in [0.05, 0.1) is 5.52 Å². The summed E-state index contributed by atoms with van der Waals surface area (Å²) >= 11 is 0. The predicted molar refractivity (Wildman–Crippen MR) is 104 cm³/mol. The van der Waals surface area contributed by atoms with Crippen molar-refractivity contribution in [1.82, 2.24) is 20.2 Å². The smallest absolute Gasteiger partial charge is 0.162 e. The highest BCUT2D eigenvalue weighted by Crippen LogP contribution is 2.33. The third-order valence-corrected chi connectivity index (χ3v) is 5.04. The van der Waals surface area contributed by atoms with Gasteiger partial charge in [0.15, 0.2) is 11.6 Å². The highest BCUT2D eigenvalue weighted by molar-refractivity contribution is 5.91. The van der Waals surface area contributed by atoms with Crippen LogP contribution in [0.3, 0.4) is 0 Å². The van der Waals surface area contributed by atoms with Crippen LogP contribution in [0.1, 0.15) is 23.2 Å². The maximum atomic E-state index is 13.4. The monoisotopic (exact) mass is 359 g/mol. The van der Waals surface area contributed by atoms with E-state index in [-0.39, 0.29) is 0 Å². The average molecular weight is 359 g/mol. The Morgan fingerprint density at radius 2 is 1.81 bits per heavy atom. The van der Waals surface area contributed by atoms with E-state index in [1.807, 2.05) is 42.5 Å². The van der Waals surface area contributed by atoms with E-state index in [9.17, 15) is 4.39 Å². The lowest BCUT2D eigenvalue weighted by atomic mass is 10.1. The first-order valence-electron chi connectivity index (χ1n) is 9.07. The molecular formula is C21H18FN5. The van der Waals surface area contributed by atoms with E-state index in [0.717, 1.165) is 58.6 Å². The molecule has 6 heteroatoms. The minimum absolute atomic E-state index is 0.538. The standard InChI is InChI=1S/C21H18FN5/c22-12-13-6-1-2-7-14(13)19-23-17-11-5-9-15(17)20(24-19)25-21-16-8-3-4-10-18(16)26-27-21/h1-4,6-8,10H,5,9,11-12H2,(H2,23,24,25,26,27). The SMILES string of the molecule is FCc1ccccc1-c1nc2c(c(Nc3n[nH]c4ccccc34)n1)CCC2. The summed E-state index contributed by atoms with van der Waals surface area (Å²) in [5.74, 6) is 2.06. The summed E-state index contributed by atoms with van der Waals surface area (Å²) in [6.07, 6.45) is 2.90. The van der Waals surface area contributed by atoms with Crippen molar-refractivity contribution in [1.29, 1.82) is 0 Å². The molecule has 0 saturated carbocycles. The Bertz CT molecular complexity index is 1130. The van der Waals surface area contributed by atoms with Crippen LogP contribution in [0.25, 0.3) is 22.3 Å². The lowest BCUT2D eigenvalue weighted by Crippen LogP contribution is -2.05. The van der Waals surface area contributed by atoms with Crippen molar-refractivity contribution in [2.24, 2.45) is 0 Å². The second-order valence-electron chi connectivity index (χ2n) is 6.71. The summed E-state index contributed by atoms with van der Waals surface area (Å²) in [5.41, 5.74) is 4.48. The van der Waals surface area contributed by atoms with Crippen LogP contribution in [0.2, 0.25) is 0 Å². The van der Waals surface area contributed by atoms with Crippen LogP contribution in [-0.4, -0.2) is 20.2 Å². The van der Waals surface area contributed by atoms with Crippen LogP contribution in [0.5, 0.6) is 0 Å². The Balaban J connectivity index is 1.63. The number of rotatable bonds is 4. The number of aryl methyl sites for hydroxylation is 1. The molecule has 2 aromatic carbocycles. The first-order valence-corrected chi connectivity index (χ1v) is 9.07. The van der Waals surface area contributed by atoms with E-state index >= 15 is 0 Å². The number of anilines is 2. The summed E-state index contributed by atoms with van der Waals surface area (Å²) in [7, 11) is 0. The number of alkyl halides is 1. The molecule has 5 nitrogen and oxygen atoms in total. The van der Waals surface area contributed by atoms with Gasteiger partial charge in [0.1, 0.15) is 12.5 Å². The van der Waals surface area contributed by atoms with Crippen molar-refractivity contribution in [3.8, 4) is 11.4 Å². The predicted octanol–water partition coefficient (Wildman–Crippen LogP) is 4.72. The fraction of sp³-hybridized carbons (Fsp3) is 0.190. The number of halogens is 1. The number of hydrogen-bond donors (Lipinski definition) is 2. The number of aromatic amines is 1. The molecule has 2 N–H and O–H groups in total. The van der Waals surface area contributed by atoms with Gasteiger partial charge in [-0.1, -0.05) is 36.4 Å². The number of H-pyrrole nitrogens is 1. The van der Waals surface area contributed by atoms with Gasteiger partial charge in [-0.3, -0.25) is 5.10 Å². The lowest BCUT2D eigenvalue weighted by molar-refractivity contribution is 0.486. The highest BCUT2D eigenvalue weighted by atomic mass is 19.1.